The van der Waals surface area contributed by atoms with Gasteiger partial charge in [-0.2, -0.15) is 8.42 Å². The SMILES string of the molecule is NCC(=O)NC(=O)[C@@H](CC1CCCCC1)N(CCS(=O)(=O)O)C(=O)COc1ccc(C2[C@@H](SC[C@@H](O)c3ccc(F)cc3)C(=O)N2c2ccc(F)cc2)cc1. The summed E-state index contributed by atoms with van der Waals surface area (Å²) in [7, 11) is -4.54. The van der Waals surface area contributed by atoms with Crippen LogP contribution in [0.15, 0.2) is 72.8 Å². The first kappa shape index (κ1) is 41.7. The van der Waals surface area contributed by atoms with Crippen molar-refractivity contribution >= 4 is 51.2 Å². The van der Waals surface area contributed by atoms with Gasteiger partial charge in [-0.3, -0.25) is 29.0 Å². The van der Waals surface area contributed by atoms with Crippen molar-refractivity contribution < 1.29 is 50.8 Å². The molecule has 17 heteroatoms. The van der Waals surface area contributed by atoms with Crippen LogP contribution in [0.1, 0.15) is 61.8 Å². The van der Waals surface area contributed by atoms with Crippen LogP contribution >= 0.6 is 11.8 Å². The number of aliphatic hydroxyl groups is 1. The van der Waals surface area contributed by atoms with Crippen molar-refractivity contribution in [1.29, 1.82) is 0 Å². The van der Waals surface area contributed by atoms with Crippen LogP contribution in [0.3, 0.4) is 0 Å². The topological polar surface area (TPSA) is 197 Å². The van der Waals surface area contributed by atoms with Gasteiger partial charge in [-0.25, -0.2) is 8.78 Å². The third-order valence-electron chi connectivity index (χ3n) is 9.74. The highest BCUT2D eigenvalue weighted by atomic mass is 32.2. The summed E-state index contributed by atoms with van der Waals surface area (Å²) in [5.74, 6) is -3.97. The molecule has 55 heavy (non-hydrogen) atoms. The Hall–Kier alpha value is -4.42. The molecule has 0 spiro atoms. The highest BCUT2D eigenvalue weighted by molar-refractivity contribution is 8.00. The van der Waals surface area contributed by atoms with Gasteiger partial charge in [-0.15, -0.1) is 11.8 Å². The zero-order valence-corrected chi connectivity index (χ0v) is 31.5. The number of nitrogens with two attached hydrogens (primary N) is 1. The molecule has 1 heterocycles. The van der Waals surface area contributed by atoms with E-state index >= 15 is 0 Å². The highest BCUT2D eigenvalue weighted by Crippen LogP contribution is 2.46. The fraction of sp³-hybridized carbons (Fsp3) is 0.421. The van der Waals surface area contributed by atoms with Crippen molar-refractivity contribution in [1.82, 2.24) is 10.2 Å². The summed E-state index contributed by atoms with van der Waals surface area (Å²) in [4.78, 5) is 55.0. The Kier molecular flexibility index (Phi) is 14.4. The van der Waals surface area contributed by atoms with E-state index in [-0.39, 0.29) is 29.7 Å². The lowest BCUT2D eigenvalue weighted by Gasteiger charge is -2.47. The van der Waals surface area contributed by atoms with Crippen molar-refractivity contribution in [2.45, 2.75) is 62.0 Å². The molecule has 3 aromatic carbocycles. The minimum atomic E-state index is -4.54. The normalized spacial score (nSPS) is 18.6. The van der Waals surface area contributed by atoms with Crippen LogP contribution < -0.4 is 20.7 Å². The van der Waals surface area contributed by atoms with Gasteiger partial charge < -0.3 is 25.4 Å². The van der Waals surface area contributed by atoms with Crippen LogP contribution in [0.4, 0.5) is 14.5 Å². The monoisotopic (exact) mass is 802 g/mol. The number of carbonyl (C=O) groups excluding carboxylic acids is 4. The average molecular weight is 803 g/mol. The number of nitrogens with zero attached hydrogens (tertiary/aromatic N) is 2. The first-order valence-corrected chi connectivity index (χ1v) is 20.5. The number of hydrogen-bond acceptors (Lipinski definition) is 10. The Balaban J connectivity index is 1.32. The second kappa shape index (κ2) is 18.9. The zero-order chi connectivity index (χ0) is 39.7. The van der Waals surface area contributed by atoms with Gasteiger partial charge in [0.05, 0.1) is 24.4 Å². The predicted octanol–water partition coefficient (Wildman–Crippen LogP) is 3.92. The lowest BCUT2D eigenvalue weighted by molar-refractivity contribution is -0.144. The maximum atomic E-state index is 13.8. The number of β-lactam (4-membered cyclic amide) rings is 1. The van der Waals surface area contributed by atoms with Gasteiger partial charge in [0.1, 0.15) is 28.7 Å². The van der Waals surface area contributed by atoms with Crippen molar-refractivity contribution in [2.75, 3.05) is 36.1 Å². The van der Waals surface area contributed by atoms with Crippen molar-refractivity contribution in [2.24, 2.45) is 11.7 Å². The first-order chi connectivity index (χ1) is 26.2. The van der Waals surface area contributed by atoms with Gasteiger partial charge in [0.25, 0.3) is 16.0 Å². The van der Waals surface area contributed by atoms with Crippen LogP contribution in [-0.4, -0.2) is 89.1 Å². The number of carbonyl (C=O) groups is 4. The maximum absolute atomic E-state index is 13.8. The lowest BCUT2D eigenvalue weighted by Crippen LogP contribution is -2.57. The smallest absolute Gasteiger partial charge is 0.266 e. The summed E-state index contributed by atoms with van der Waals surface area (Å²) in [5.41, 5.74) is 7.01. The van der Waals surface area contributed by atoms with Crippen LogP contribution in [-0.2, 0) is 29.3 Å². The standard InChI is InChI=1S/C38H44F2N4O9S2/c39-27-10-6-25(7-11-27)32(45)23-54-36-35(44(38(36)49)29-14-12-28(40)13-15-29)26-8-16-30(17-9-26)53-22-34(47)43(18-19-55(50,51)52)31(37(48)42-33(46)21-41)20-24-4-2-1-3-5-24/h6-17,24,31-32,35-36,45H,1-5,18-23,41H2,(H,42,46,48)(H,50,51,52)/t31-,32-,35?,36-/m1/s1. The van der Waals surface area contributed by atoms with Gasteiger partial charge in [-0.05, 0) is 72.0 Å². The molecule has 1 aliphatic carbocycles. The van der Waals surface area contributed by atoms with Gasteiger partial charge >= 0.3 is 0 Å². The number of aliphatic hydroxyl groups excluding tert-OH is 1. The van der Waals surface area contributed by atoms with E-state index in [9.17, 15) is 46.0 Å². The summed E-state index contributed by atoms with van der Waals surface area (Å²) in [6.45, 7) is -1.63. The van der Waals surface area contributed by atoms with Crippen molar-refractivity contribution in [3.8, 4) is 5.75 Å². The molecular weight excluding hydrogens is 759 g/mol. The second-order valence-electron chi connectivity index (χ2n) is 13.6. The molecule has 4 amide bonds. The molecule has 3 aromatic rings. The van der Waals surface area contributed by atoms with Gasteiger partial charge in [-0.1, -0.05) is 56.4 Å². The van der Waals surface area contributed by atoms with E-state index in [4.69, 9.17) is 10.5 Å². The molecule has 13 nitrogen and oxygen atoms in total. The van der Waals surface area contributed by atoms with E-state index in [0.717, 1.165) is 37.0 Å². The van der Waals surface area contributed by atoms with Crippen LogP contribution in [0.5, 0.6) is 5.75 Å². The molecule has 4 atom stereocenters. The first-order valence-electron chi connectivity index (χ1n) is 17.9. The van der Waals surface area contributed by atoms with Crippen molar-refractivity contribution in [3.05, 3.63) is 95.6 Å². The van der Waals surface area contributed by atoms with Gasteiger partial charge in [0.2, 0.25) is 17.7 Å². The molecule has 5 rings (SSSR count). The van der Waals surface area contributed by atoms with Crippen LogP contribution in [0.25, 0.3) is 0 Å². The summed E-state index contributed by atoms with van der Waals surface area (Å²) < 4.78 is 65.9. The number of benzene rings is 3. The minimum absolute atomic E-state index is 0.0352. The summed E-state index contributed by atoms with van der Waals surface area (Å²) in [6, 6.07) is 15.6. The molecule has 1 saturated heterocycles. The van der Waals surface area contributed by atoms with Gasteiger partial charge in [0.15, 0.2) is 6.61 Å². The van der Waals surface area contributed by atoms with Crippen LogP contribution in [0.2, 0.25) is 0 Å². The third kappa shape index (κ3) is 11.3. The fourth-order valence-electron chi connectivity index (χ4n) is 6.86. The number of anilines is 1. The molecule has 5 N–H and O–H groups in total. The fourth-order valence-corrected chi connectivity index (χ4v) is 8.58. The Morgan fingerprint density at radius 1 is 0.964 bits per heavy atom. The summed E-state index contributed by atoms with van der Waals surface area (Å²) in [6.07, 6.45) is 3.64. The Morgan fingerprint density at radius 2 is 1.58 bits per heavy atom. The molecule has 2 fully saturated rings. The summed E-state index contributed by atoms with van der Waals surface area (Å²) in [5, 5.41) is 12.3. The molecule has 1 saturated carbocycles. The third-order valence-corrected chi connectivity index (χ3v) is 11.8. The zero-order valence-electron chi connectivity index (χ0n) is 29.9. The molecule has 0 aromatic heterocycles. The largest absolute Gasteiger partial charge is 0.484 e. The Labute approximate surface area is 322 Å². The number of amides is 4. The van der Waals surface area contributed by atoms with Gasteiger partial charge in [0, 0.05) is 18.0 Å². The van der Waals surface area contributed by atoms with E-state index < -0.39 is 88.4 Å². The average Bonchev–Trinajstić information content (AvgIpc) is 3.16. The van der Waals surface area contributed by atoms with Crippen molar-refractivity contribution in [3.63, 3.8) is 0 Å². The number of halogens is 2. The number of thioether (sulfide) groups is 1. The van der Waals surface area contributed by atoms with E-state index in [0.29, 0.717) is 16.8 Å². The minimum Gasteiger partial charge on any atom is -0.484 e. The quantitative estimate of drug-likeness (QED) is 0.114. The highest BCUT2D eigenvalue weighted by Gasteiger charge is 2.49. The van der Waals surface area contributed by atoms with Crippen LogP contribution in [0, 0.1) is 17.6 Å². The molecule has 1 aliphatic heterocycles. The molecule has 0 radical (unpaired) electrons. The molecule has 2 aliphatic rings. The molecule has 1 unspecified atom stereocenters. The lowest BCUT2D eigenvalue weighted by atomic mass is 9.84. The number of imide groups is 1. The van der Waals surface area contributed by atoms with E-state index in [1.54, 1.807) is 24.3 Å². The number of nitrogens with one attached hydrogen (secondary N) is 1. The van der Waals surface area contributed by atoms with E-state index in [2.05, 4.69) is 5.32 Å². The van der Waals surface area contributed by atoms with E-state index in [1.807, 2.05) is 0 Å². The predicted molar refractivity (Wildman–Crippen MR) is 201 cm³/mol. The maximum Gasteiger partial charge on any atom is 0.266 e. The van der Waals surface area contributed by atoms with E-state index in [1.165, 1.54) is 65.2 Å². The Morgan fingerprint density at radius 3 is 2.18 bits per heavy atom. The molecule has 296 valence electrons. The number of hydrogen-bond donors (Lipinski definition) is 4. The summed E-state index contributed by atoms with van der Waals surface area (Å²) >= 11 is 1.22. The number of ether oxygens (including phenoxy) is 1. The number of rotatable bonds is 17. The Bertz CT molecular complexity index is 1910. The molecular formula is C38H44F2N4O9S2. The second-order valence-corrected chi connectivity index (χ2v) is 16.3. The molecule has 0 bridgehead atoms.